The Labute approximate surface area is 107 Å². The minimum Gasteiger partial charge on any atom is -0.491 e. The first-order valence-corrected chi connectivity index (χ1v) is 6.40. The first-order chi connectivity index (χ1) is 8.81. The molecule has 0 fully saturated rings. The number of rotatable bonds is 6. The van der Waals surface area contributed by atoms with Gasteiger partial charge in [-0.1, -0.05) is 31.5 Å². The van der Waals surface area contributed by atoms with E-state index in [1.165, 1.54) is 0 Å². The predicted molar refractivity (Wildman–Crippen MR) is 68.5 cm³/mol. The maximum atomic E-state index is 11.7. The molecule has 0 aromatic heterocycles. The quantitative estimate of drug-likeness (QED) is 0.785. The summed E-state index contributed by atoms with van der Waals surface area (Å²) in [4.78, 5) is 11.7. The molecular weight excluding hydrogens is 230 g/mol. The van der Waals surface area contributed by atoms with Gasteiger partial charge in [0.2, 0.25) is 5.91 Å². The Hall–Kier alpha value is -1.55. The molecule has 1 aliphatic rings. The van der Waals surface area contributed by atoms with Crippen LogP contribution in [0.3, 0.4) is 0 Å². The Morgan fingerprint density at radius 1 is 1.50 bits per heavy atom. The predicted octanol–water partition coefficient (Wildman–Crippen LogP) is 2.05. The number of hydrogen-bond donors (Lipinski definition) is 1. The lowest BCUT2D eigenvalue weighted by Crippen LogP contribution is -2.32. The van der Waals surface area contributed by atoms with Gasteiger partial charge in [-0.15, -0.1) is 0 Å². The molecule has 1 amide bonds. The van der Waals surface area contributed by atoms with Gasteiger partial charge in [0.1, 0.15) is 19.0 Å². The Balaban J connectivity index is 1.79. The van der Waals surface area contributed by atoms with E-state index in [0.29, 0.717) is 13.2 Å². The molecule has 0 spiro atoms. The summed E-state index contributed by atoms with van der Waals surface area (Å²) in [7, 11) is 0. The van der Waals surface area contributed by atoms with Crippen molar-refractivity contribution in [3.63, 3.8) is 0 Å². The van der Waals surface area contributed by atoms with Crippen molar-refractivity contribution in [2.24, 2.45) is 0 Å². The summed E-state index contributed by atoms with van der Waals surface area (Å²) in [5.41, 5.74) is 1.04. The second-order valence-corrected chi connectivity index (χ2v) is 4.38. The fraction of sp³-hybridized carbons (Fsp3) is 0.500. The topological polar surface area (TPSA) is 47.6 Å². The number of hydrogen-bond acceptors (Lipinski definition) is 3. The van der Waals surface area contributed by atoms with Crippen molar-refractivity contribution in [1.29, 1.82) is 0 Å². The molecule has 0 bridgehead atoms. The second-order valence-electron chi connectivity index (χ2n) is 4.38. The molecule has 0 unspecified atom stereocenters. The molecule has 18 heavy (non-hydrogen) atoms. The molecule has 1 atom stereocenters. The molecule has 1 aromatic rings. The van der Waals surface area contributed by atoms with Crippen LogP contribution in [-0.2, 0) is 9.53 Å². The molecule has 0 radical (unpaired) electrons. The van der Waals surface area contributed by atoms with Gasteiger partial charge in [-0.25, -0.2) is 0 Å². The van der Waals surface area contributed by atoms with Crippen LogP contribution in [0.25, 0.3) is 0 Å². The number of carbonyl (C=O) groups is 1. The van der Waals surface area contributed by atoms with E-state index in [1.807, 2.05) is 24.3 Å². The monoisotopic (exact) mass is 249 g/mol. The second kappa shape index (κ2) is 6.40. The summed E-state index contributed by atoms with van der Waals surface area (Å²) in [6.07, 6.45) is 2.06. The molecule has 4 heteroatoms. The first-order valence-electron chi connectivity index (χ1n) is 6.40. The number of ether oxygens (including phenoxy) is 2. The zero-order valence-electron chi connectivity index (χ0n) is 10.6. The summed E-state index contributed by atoms with van der Waals surface area (Å²) < 4.78 is 10.8. The SMILES string of the molecule is CCCCOCC(=O)N[C@@H]1COc2ccccc21. The van der Waals surface area contributed by atoms with Gasteiger partial charge in [-0.3, -0.25) is 4.79 Å². The van der Waals surface area contributed by atoms with Crippen molar-refractivity contribution in [3.8, 4) is 5.75 Å². The van der Waals surface area contributed by atoms with E-state index >= 15 is 0 Å². The van der Waals surface area contributed by atoms with Crippen LogP contribution in [0.1, 0.15) is 31.4 Å². The largest absolute Gasteiger partial charge is 0.491 e. The Kier molecular flexibility index (Phi) is 4.59. The number of benzene rings is 1. The molecule has 1 N–H and O–H groups in total. The van der Waals surface area contributed by atoms with Crippen molar-refractivity contribution >= 4 is 5.91 Å². The van der Waals surface area contributed by atoms with Crippen LogP contribution >= 0.6 is 0 Å². The Bertz CT molecular complexity index is 406. The van der Waals surface area contributed by atoms with Crippen LogP contribution in [0.4, 0.5) is 0 Å². The molecule has 4 nitrogen and oxygen atoms in total. The van der Waals surface area contributed by atoms with Crippen LogP contribution in [0, 0.1) is 0 Å². The van der Waals surface area contributed by atoms with Gasteiger partial charge in [0, 0.05) is 12.2 Å². The lowest BCUT2D eigenvalue weighted by Gasteiger charge is -2.11. The van der Waals surface area contributed by atoms with Crippen molar-refractivity contribution in [2.75, 3.05) is 19.8 Å². The maximum Gasteiger partial charge on any atom is 0.246 e. The van der Waals surface area contributed by atoms with Gasteiger partial charge in [0.05, 0.1) is 6.04 Å². The molecule has 0 aliphatic carbocycles. The van der Waals surface area contributed by atoms with Crippen LogP contribution in [0.2, 0.25) is 0 Å². The number of para-hydroxylation sites is 1. The highest BCUT2D eigenvalue weighted by atomic mass is 16.5. The standard InChI is InChI=1S/C14H19NO3/c1-2-3-8-17-10-14(16)15-12-9-18-13-7-5-4-6-11(12)13/h4-7,12H,2-3,8-10H2,1H3,(H,15,16)/t12-/m1/s1. The fourth-order valence-corrected chi connectivity index (χ4v) is 1.93. The van der Waals surface area contributed by atoms with Crippen molar-refractivity contribution in [1.82, 2.24) is 5.32 Å². The van der Waals surface area contributed by atoms with Crippen LogP contribution < -0.4 is 10.1 Å². The summed E-state index contributed by atoms with van der Waals surface area (Å²) in [5.74, 6) is 0.770. The number of carbonyl (C=O) groups excluding carboxylic acids is 1. The van der Waals surface area contributed by atoms with Gasteiger partial charge < -0.3 is 14.8 Å². The van der Waals surface area contributed by atoms with Crippen LogP contribution in [0.15, 0.2) is 24.3 Å². The zero-order chi connectivity index (χ0) is 12.8. The molecule has 0 saturated heterocycles. The van der Waals surface area contributed by atoms with E-state index in [2.05, 4.69) is 12.2 Å². The minimum atomic E-state index is -0.0867. The number of fused-ring (bicyclic) bond motifs is 1. The molecule has 1 aliphatic heterocycles. The fourth-order valence-electron chi connectivity index (χ4n) is 1.93. The normalized spacial score (nSPS) is 17.1. The van der Waals surface area contributed by atoms with E-state index in [9.17, 15) is 4.79 Å². The van der Waals surface area contributed by atoms with Crippen LogP contribution in [0.5, 0.6) is 5.75 Å². The number of amides is 1. The zero-order valence-corrected chi connectivity index (χ0v) is 10.6. The Morgan fingerprint density at radius 3 is 3.17 bits per heavy atom. The third-order valence-corrected chi connectivity index (χ3v) is 2.91. The van der Waals surface area contributed by atoms with Crippen molar-refractivity contribution < 1.29 is 14.3 Å². The smallest absolute Gasteiger partial charge is 0.246 e. The highest BCUT2D eigenvalue weighted by Crippen LogP contribution is 2.31. The lowest BCUT2D eigenvalue weighted by atomic mass is 10.1. The number of nitrogens with one attached hydrogen (secondary N) is 1. The highest BCUT2D eigenvalue weighted by Gasteiger charge is 2.24. The maximum absolute atomic E-state index is 11.7. The first kappa shape index (κ1) is 12.9. The molecule has 1 heterocycles. The highest BCUT2D eigenvalue weighted by molar-refractivity contribution is 5.78. The van der Waals surface area contributed by atoms with E-state index in [4.69, 9.17) is 9.47 Å². The molecule has 98 valence electrons. The van der Waals surface area contributed by atoms with E-state index in [1.54, 1.807) is 0 Å². The average molecular weight is 249 g/mol. The minimum absolute atomic E-state index is 0.0523. The third kappa shape index (κ3) is 3.23. The third-order valence-electron chi connectivity index (χ3n) is 2.91. The molecule has 1 aromatic carbocycles. The van der Waals surface area contributed by atoms with Gasteiger partial charge in [0.25, 0.3) is 0 Å². The molecule has 2 rings (SSSR count). The lowest BCUT2D eigenvalue weighted by molar-refractivity contribution is -0.126. The van der Waals surface area contributed by atoms with Crippen molar-refractivity contribution in [3.05, 3.63) is 29.8 Å². The van der Waals surface area contributed by atoms with E-state index < -0.39 is 0 Å². The average Bonchev–Trinajstić information content (AvgIpc) is 2.78. The summed E-state index contributed by atoms with van der Waals surface area (Å²) >= 11 is 0. The van der Waals surface area contributed by atoms with Gasteiger partial charge >= 0.3 is 0 Å². The molecule has 0 saturated carbocycles. The summed E-state index contributed by atoms with van der Waals surface area (Å²) in [6.45, 7) is 3.36. The van der Waals surface area contributed by atoms with E-state index in [-0.39, 0.29) is 18.6 Å². The summed E-state index contributed by atoms with van der Waals surface area (Å²) in [6, 6.07) is 7.72. The number of unbranched alkanes of at least 4 members (excludes halogenated alkanes) is 1. The van der Waals surface area contributed by atoms with Crippen LogP contribution in [-0.4, -0.2) is 25.7 Å². The van der Waals surface area contributed by atoms with Gasteiger partial charge in [-0.2, -0.15) is 0 Å². The Morgan fingerprint density at radius 2 is 2.33 bits per heavy atom. The van der Waals surface area contributed by atoms with E-state index in [0.717, 1.165) is 24.2 Å². The van der Waals surface area contributed by atoms with Crippen molar-refractivity contribution in [2.45, 2.75) is 25.8 Å². The van der Waals surface area contributed by atoms with Gasteiger partial charge in [0.15, 0.2) is 0 Å². The summed E-state index contributed by atoms with van der Waals surface area (Å²) in [5, 5.41) is 2.92. The molecular formula is C14H19NO3. The van der Waals surface area contributed by atoms with Gasteiger partial charge in [-0.05, 0) is 12.5 Å².